The van der Waals surface area contributed by atoms with E-state index >= 15 is 0 Å². The molecule has 174 valence electrons. The van der Waals surface area contributed by atoms with Crippen LogP contribution in [0.1, 0.15) is 48.7 Å². The molecule has 1 aromatic rings. The van der Waals surface area contributed by atoms with Crippen molar-refractivity contribution in [1.82, 2.24) is 19.6 Å². The van der Waals surface area contributed by atoms with Gasteiger partial charge in [0.2, 0.25) is 17.7 Å². The number of hydrogen-bond acceptors (Lipinski definition) is 6. The molecule has 3 heterocycles. The number of nitrogens with zero attached hydrogens (tertiary/aromatic N) is 4. The number of rotatable bonds is 6. The lowest BCUT2D eigenvalue weighted by Gasteiger charge is -2.20. The van der Waals surface area contributed by atoms with E-state index in [0.717, 1.165) is 17.0 Å². The molecular weight excluding hydrogens is 432 g/mol. The van der Waals surface area contributed by atoms with Gasteiger partial charge in [0.25, 0.3) is 0 Å². The minimum Gasteiger partial charge on any atom is -0.341 e. The van der Waals surface area contributed by atoms with Crippen molar-refractivity contribution in [2.45, 2.75) is 52.1 Å². The number of imide groups is 1. The molecule has 2 aliphatic heterocycles. The van der Waals surface area contributed by atoms with Crippen LogP contribution in [0.3, 0.4) is 0 Å². The van der Waals surface area contributed by atoms with Crippen molar-refractivity contribution in [1.29, 1.82) is 0 Å². The summed E-state index contributed by atoms with van der Waals surface area (Å²) in [6, 6.07) is -0.168. The minimum absolute atomic E-state index is 0.0773. The van der Waals surface area contributed by atoms with Gasteiger partial charge in [0.15, 0.2) is 9.84 Å². The Bertz CT molecular complexity index is 1060. The summed E-state index contributed by atoms with van der Waals surface area (Å²) in [5.41, 5.74) is 2.54. The van der Waals surface area contributed by atoms with Crippen LogP contribution in [0, 0.1) is 25.7 Å². The van der Waals surface area contributed by atoms with Gasteiger partial charge in [0.05, 0.1) is 35.1 Å². The van der Waals surface area contributed by atoms with Gasteiger partial charge in [0.1, 0.15) is 0 Å². The number of allylic oxidation sites excluding steroid dienone is 2. The van der Waals surface area contributed by atoms with Crippen LogP contribution in [0.15, 0.2) is 12.2 Å². The van der Waals surface area contributed by atoms with E-state index in [9.17, 15) is 22.8 Å². The molecule has 1 aromatic heterocycles. The van der Waals surface area contributed by atoms with Crippen LogP contribution in [0.5, 0.6) is 0 Å². The molecule has 2 saturated heterocycles. The molecule has 3 amide bonds. The summed E-state index contributed by atoms with van der Waals surface area (Å²) in [6.45, 7) is 4.20. The number of amides is 3. The zero-order chi connectivity index (χ0) is 23.2. The highest BCUT2D eigenvalue weighted by molar-refractivity contribution is 7.91. The molecule has 4 rings (SSSR count). The fraction of sp³-hybridized carbons (Fsp3) is 0.636. The predicted molar refractivity (Wildman–Crippen MR) is 117 cm³/mol. The van der Waals surface area contributed by atoms with Gasteiger partial charge in [-0.3, -0.25) is 24.0 Å². The van der Waals surface area contributed by atoms with Gasteiger partial charge in [0, 0.05) is 37.8 Å². The highest BCUT2D eigenvalue weighted by atomic mass is 32.2. The van der Waals surface area contributed by atoms with Crippen LogP contribution in [0.4, 0.5) is 0 Å². The van der Waals surface area contributed by atoms with Crippen LogP contribution in [0.2, 0.25) is 0 Å². The molecule has 0 radical (unpaired) electrons. The molecule has 0 spiro atoms. The average Bonchev–Trinajstić information content (AvgIpc) is 3.34. The fourth-order valence-corrected chi connectivity index (χ4v) is 6.75. The number of aryl methyl sites for hydroxylation is 1. The Hall–Kier alpha value is -2.49. The van der Waals surface area contributed by atoms with Crippen molar-refractivity contribution in [2.75, 3.05) is 25.1 Å². The number of carbonyl (C=O) groups is 3. The summed E-state index contributed by atoms with van der Waals surface area (Å²) >= 11 is 0. The SMILES string of the molecule is Cc1nn([C@@H]2CCS(=O)(=O)C2)c(C)c1CN(C)C(=O)CCN1C(=O)[C@@H]2CC=CC[C@H]2C1=O. The Labute approximate surface area is 188 Å². The van der Waals surface area contributed by atoms with Crippen LogP contribution >= 0.6 is 0 Å². The first-order valence-corrected chi connectivity index (χ1v) is 12.9. The number of hydrogen-bond donors (Lipinski definition) is 0. The summed E-state index contributed by atoms with van der Waals surface area (Å²) in [7, 11) is -1.33. The Morgan fingerprint density at radius 3 is 2.34 bits per heavy atom. The smallest absolute Gasteiger partial charge is 0.233 e. The molecule has 10 heteroatoms. The quantitative estimate of drug-likeness (QED) is 0.464. The van der Waals surface area contributed by atoms with E-state index in [1.807, 2.05) is 26.0 Å². The maximum absolute atomic E-state index is 12.8. The van der Waals surface area contributed by atoms with Gasteiger partial charge in [-0.15, -0.1) is 0 Å². The summed E-state index contributed by atoms with van der Waals surface area (Å²) in [6.07, 6.45) is 5.69. The molecule has 2 fully saturated rings. The molecule has 3 aliphatic rings. The van der Waals surface area contributed by atoms with Crippen molar-refractivity contribution in [3.63, 3.8) is 0 Å². The maximum Gasteiger partial charge on any atom is 0.233 e. The van der Waals surface area contributed by atoms with Gasteiger partial charge >= 0.3 is 0 Å². The normalized spacial score (nSPS) is 26.6. The van der Waals surface area contributed by atoms with E-state index < -0.39 is 9.84 Å². The molecule has 0 unspecified atom stereocenters. The third-order valence-electron chi connectivity index (χ3n) is 7.00. The van der Waals surface area contributed by atoms with E-state index in [4.69, 9.17) is 0 Å². The van der Waals surface area contributed by atoms with Gasteiger partial charge in [-0.1, -0.05) is 12.2 Å². The fourth-order valence-electron chi connectivity index (χ4n) is 5.06. The third kappa shape index (κ3) is 4.12. The Morgan fingerprint density at radius 1 is 1.16 bits per heavy atom. The first-order chi connectivity index (χ1) is 15.1. The van der Waals surface area contributed by atoms with Crippen LogP contribution in [0.25, 0.3) is 0 Å². The molecule has 0 bridgehead atoms. The van der Waals surface area contributed by atoms with E-state index in [2.05, 4.69) is 5.10 Å². The summed E-state index contributed by atoms with van der Waals surface area (Å²) in [5, 5.41) is 4.55. The average molecular weight is 463 g/mol. The Kier molecular flexibility index (Phi) is 6.00. The summed E-state index contributed by atoms with van der Waals surface area (Å²) < 4.78 is 25.5. The van der Waals surface area contributed by atoms with Crippen molar-refractivity contribution < 1.29 is 22.8 Å². The lowest BCUT2D eigenvalue weighted by Crippen LogP contribution is -2.36. The van der Waals surface area contributed by atoms with E-state index in [-0.39, 0.29) is 60.1 Å². The lowest BCUT2D eigenvalue weighted by molar-refractivity contribution is -0.140. The van der Waals surface area contributed by atoms with E-state index in [0.29, 0.717) is 25.8 Å². The summed E-state index contributed by atoms with van der Waals surface area (Å²) in [4.78, 5) is 40.7. The maximum atomic E-state index is 12.8. The molecule has 32 heavy (non-hydrogen) atoms. The molecule has 1 aliphatic carbocycles. The first kappa shape index (κ1) is 22.7. The highest BCUT2D eigenvalue weighted by Gasteiger charge is 2.47. The van der Waals surface area contributed by atoms with E-state index in [1.54, 1.807) is 16.6 Å². The largest absolute Gasteiger partial charge is 0.341 e. The first-order valence-electron chi connectivity index (χ1n) is 11.1. The molecule has 3 atom stereocenters. The molecule has 0 N–H and O–H groups in total. The van der Waals surface area contributed by atoms with Gasteiger partial charge in [-0.05, 0) is 33.1 Å². The van der Waals surface area contributed by atoms with Crippen LogP contribution in [-0.4, -0.2) is 70.8 Å². The molecule has 0 aromatic carbocycles. The summed E-state index contributed by atoms with van der Waals surface area (Å²) in [5.74, 6) is -0.785. The Balaban J connectivity index is 1.37. The predicted octanol–water partition coefficient (Wildman–Crippen LogP) is 1.16. The van der Waals surface area contributed by atoms with Gasteiger partial charge in [-0.2, -0.15) is 5.10 Å². The second-order valence-electron chi connectivity index (χ2n) is 9.13. The lowest BCUT2D eigenvalue weighted by atomic mass is 9.85. The number of aromatic nitrogens is 2. The zero-order valence-corrected chi connectivity index (χ0v) is 19.6. The Morgan fingerprint density at radius 2 is 1.78 bits per heavy atom. The number of fused-ring (bicyclic) bond motifs is 1. The van der Waals surface area contributed by atoms with Gasteiger partial charge in [-0.25, -0.2) is 8.42 Å². The van der Waals surface area contributed by atoms with Crippen LogP contribution < -0.4 is 0 Å². The number of sulfone groups is 1. The van der Waals surface area contributed by atoms with Crippen molar-refractivity contribution in [2.24, 2.45) is 11.8 Å². The molecule has 0 saturated carbocycles. The van der Waals surface area contributed by atoms with Crippen molar-refractivity contribution in [3.05, 3.63) is 29.1 Å². The zero-order valence-electron chi connectivity index (χ0n) is 18.8. The highest BCUT2D eigenvalue weighted by Crippen LogP contribution is 2.35. The number of carbonyl (C=O) groups excluding carboxylic acids is 3. The minimum atomic E-state index is -3.02. The number of likely N-dealkylation sites (tertiary alicyclic amines) is 1. The second-order valence-corrected chi connectivity index (χ2v) is 11.4. The second kappa shape index (κ2) is 8.46. The van der Waals surface area contributed by atoms with E-state index in [1.165, 1.54) is 4.90 Å². The molecule has 9 nitrogen and oxygen atoms in total. The third-order valence-corrected chi connectivity index (χ3v) is 8.75. The molecular formula is C22H30N4O5S. The van der Waals surface area contributed by atoms with Crippen molar-refractivity contribution in [3.8, 4) is 0 Å². The van der Waals surface area contributed by atoms with Crippen LogP contribution in [-0.2, 0) is 30.8 Å². The van der Waals surface area contributed by atoms with Crippen molar-refractivity contribution >= 4 is 27.6 Å². The van der Waals surface area contributed by atoms with Gasteiger partial charge < -0.3 is 4.90 Å². The monoisotopic (exact) mass is 462 g/mol. The topological polar surface area (TPSA) is 110 Å². The standard InChI is InChI=1S/C22H30N4O5S/c1-14-19(15(2)26(23-14)16-9-11-32(30,31)13-16)12-24(3)20(27)8-10-25-21(28)17-6-4-5-7-18(17)22(25)29/h4-5,16-18H,6-13H2,1-3H3/t16-,17-,18-/m1/s1.